The Morgan fingerprint density at radius 2 is 1.69 bits per heavy atom. The number of nitrogens with zero attached hydrogens (tertiary/aromatic N) is 1. The Balaban J connectivity index is 2.60. The number of piperidine rings is 1. The molecule has 1 saturated heterocycles. The number of likely N-dealkylation sites (tertiary alicyclic amines) is 1. The molecule has 0 radical (unpaired) electrons. The van der Waals surface area contributed by atoms with E-state index in [1.165, 1.54) is 0 Å². The summed E-state index contributed by atoms with van der Waals surface area (Å²) in [4.78, 5) is 11.4. The highest BCUT2D eigenvalue weighted by Gasteiger charge is 2.44. The minimum absolute atomic E-state index is 0.0549. The Hall–Kier alpha value is -0.830. The van der Waals surface area contributed by atoms with Gasteiger partial charge in [0.1, 0.15) is 0 Å². The van der Waals surface area contributed by atoms with Crippen molar-refractivity contribution >= 4 is 15.9 Å². The molecule has 9 heteroatoms. The van der Waals surface area contributed by atoms with Gasteiger partial charge in [0.15, 0.2) is 0 Å². The average molecular weight is 260 g/mol. The van der Waals surface area contributed by atoms with Crippen LogP contribution in [0.1, 0.15) is 12.8 Å². The van der Waals surface area contributed by atoms with Crippen LogP contribution in [-0.4, -0.2) is 43.7 Å². The van der Waals surface area contributed by atoms with Gasteiger partial charge in [-0.25, -0.2) is 13.6 Å². The van der Waals surface area contributed by atoms with E-state index < -0.39 is 27.4 Å². The molecular weight excluding hydrogens is 249 g/mol. The molecule has 0 atom stereocenters. The summed E-state index contributed by atoms with van der Waals surface area (Å²) >= 11 is 0. The van der Waals surface area contributed by atoms with Crippen molar-refractivity contribution < 1.29 is 26.4 Å². The molecule has 1 aliphatic heterocycles. The topological polar surface area (TPSA) is 80.5 Å². The van der Waals surface area contributed by atoms with Gasteiger partial charge in [-0.1, -0.05) is 0 Å². The monoisotopic (exact) mass is 260 g/mol. The predicted octanol–water partition coefficient (Wildman–Crippen LogP) is -0.172. The quantitative estimate of drug-likeness (QED) is 0.710. The van der Waals surface area contributed by atoms with Crippen LogP contribution in [0.4, 0.5) is 13.2 Å². The Labute approximate surface area is 90.4 Å². The number of carbonyl (C=O) groups excluding carboxylic acids is 1. The van der Waals surface area contributed by atoms with Gasteiger partial charge in [0, 0.05) is 13.1 Å². The number of sulfonamides is 1. The van der Waals surface area contributed by atoms with E-state index in [0.29, 0.717) is 4.90 Å². The van der Waals surface area contributed by atoms with Crippen LogP contribution in [-0.2, 0) is 14.8 Å². The maximum Gasteiger partial charge on any atom is 0.471 e. The lowest BCUT2D eigenvalue weighted by Crippen LogP contribution is -2.48. The Kier molecular flexibility index (Phi) is 3.48. The molecular formula is C7H11F3N2O3S. The van der Waals surface area contributed by atoms with Gasteiger partial charge in [-0.2, -0.15) is 13.2 Å². The van der Waals surface area contributed by atoms with Gasteiger partial charge in [-0.15, -0.1) is 0 Å². The number of amides is 1. The van der Waals surface area contributed by atoms with Crippen LogP contribution in [0.2, 0.25) is 0 Å². The van der Waals surface area contributed by atoms with Crippen molar-refractivity contribution in [2.75, 3.05) is 13.1 Å². The first-order chi connectivity index (χ1) is 7.12. The van der Waals surface area contributed by atoms with Crippen molar-refractivity contribution in [2.45, 2.75) is 24.3 Å². The highest BCUT2D eigenvalue weighted by molar-refractivity contribution is 7.89. The molecule has 5 nitrogen and oxygen atoms in total. The Bertz CT molecular complexity index is 371. The number of nitrogens with two attached hydrogens (primary N) is 1. The molecule has 1 rings (SSSR count). The van der Waals surface area contributed by atoms with E-state index in [-0.39, 0.29) is 25.9 Å². The largest absolute Gasteiger partial charge is 0.471 e. The van der Waals surface area contributed by atoms with Crippen molar-refractivity contribution in [2.24, 2.45) is 5.14 Å². The summed E-state index contributed by atoms with van der Waals surface area (Å²) in [6, 6.07) is 0. The van der Waals surface area contributed by atoms with Crippen molar-refractivity contribution in [3.63, 3.8) is 0 Å². The number of alkyl halides is 3. The van der Waals surface area contributed by atoms with E-state index in [2.05, 4.69) is 0 Å². The van der Waals surface area contributed by atoms with Crippen LogP contribution in [0.25, 0.3) is 0 Å². The third-order valence-corrected chi connectivity index (χ3v) is 3.84. The fourth-order valence-electron chi connectivity index (χ4n) is 1.57. The van der Waals surface area contributed by atoms with Gasteiger partial charge < -0.3 is 4.90 Å². The lowest BCUT2D eigenvalue weighted by atomic mass is 10.1. The number of halogens is 3. The van der Waals surface area contributed by atoms with Crippen LogP contribution >= 0.6 is 0 Å². The van der Waals surface area contributed by atoms with Gasteiger partial charge in [0.2, 0.25) is 10.0 Å². The lowest BCUT2D eigenvalue weighted by molar-refractivity contribution is -0.186. The molecule has 0 bridgehead atoms. The third-order valence-electron chi connectivity index (χ3n) is 2.44. The zero-order chi connectivity index (χ0) is 12.6. The summed E-state index contributed by atoms with van der Waals surface area (Å²) in [6.45, 7) is -0.473. The summed E-state index contributed by atoms with van der Waals surface area (Å²) in [5.74, 6) is -1.93. The molecule has 0 saturated carbocycles. The molecule has 1 aliphatic rings. The predicted molar refractivity (Wildman–Crippen MR) is 48.8 cm³/mol. The molecule has 0 aromatic carbocycles. The smallest absolute Gasteiger partial charge is 0.335 e. The molecule has 94 valence electrons. The molecule has 2 N–H and O–H groups in total. The number of hydrogen-bond donors (Lipinski definition) is 1. The normalized spacial score (nSPS) is 19.9. The number of carbonyl (C=O) groups is 1. The van der Waals surface area contributed by atoms with E-state index >= 15 is 0 Å². The molecule has 0 aromatic heterocycles. The standard InChI is InChI=1S/C7H11F3N2O3S/c8-7(9,10)6(13)12-3-1-5(2-4-12)16(11,14)15/h5H,1-4H2,(H2,11,14,15). The maximum atomic E-state index is 12.0. The minimum atomic E-state index is -4.91. The first kappa shape index (κ1) is 13.2. The van der Waals surface area contributed by atoms with E-state index in [0.717, 1.165) is 0 Å². The molecule has 0 spiro atoms. The second-order valence-electron chi connectivity index (χ2n) is 3.58. The van der Waals surface area contributed by atoms with Gasteiger partial charge in [-0.05, 0) is 12.8 Å². The van der Waals surface area contributed by atoms with Crippen LogP contribution in [0.3, 0.4) is 0 Å². The van der Waals surface area contributed by atoms with Gasteiger partial charge in [0.25, 0.3) is 0 Å². The third kappa shape index (κ3) is 3.08. The molecule has 1 fully saturated rings. The average Bonchev–Trinajstić information content (AvgIpc) is 2.14. The highest BCUT2D eigenvalue weighted by Crippen LogP contribution is 2.23. The summed E-state index contributed by atoms with van der Waals surface area (Å²) < 4.78 is 57.9. The number of rotatable bonds is 1. The molecule has 0 unspecified atom stereocenters. The van der Waals surface area contributed by atoms with Crippen LogP contribution in [0.5, 0.6) is 0 Å². The van der Waals surface area contributed by atoms with Crippen LogP contribution in [0, 0.1) is 0 Å². The summed E-state index contributed by atoms with van der Waals surface area (Å²) in [6.07, 6.45) is -5.02. The molecule has 16 heavy (non-hydrogen) atoms. The minimum Gasteiger partial charge on any atom is -0.335 e. The Morgan fingerprint density at radius 1 is 1.25 bits per heavy atom. The molecule has 1 heterocycles. The molecule has 0 aliphatic carbocycles. The van der Waals surface area contributed by atoms with E-state index in [4.69, 9.17) is 5.14 Å². The van der Waals surface area contributed by atoms with E-state index in [9.17, 15) is 26.4 Å². The SMILES string of the molecule is NS(=O)(=O)C1CCN(C(=O)C(F)(F)F)CC1. The second kappa shape index (κ2) is 4.21. The highest BCUT2D eigenvalue weighted by atomic mass is 32.2. The maximum absolute atomic E-state index is 12.0. The van der Waals surface area contributed by atoms with Gasteiger partial charge >= 0.3 is 12.1 Å². The lowest BCUT2D eigenvalue weighted by Gasteiger charge is -2.31. The number of hydrogen-bond acceptors (Lipinski definition) is 3. The first-order valence-electron chi connectivity index (χ1n) is 4.50. The van der Waals surface area contributed by atoms with Crippen molar-refractivity contribution in [3.8, 4) is 0 Å². The fourth-order valence-corrected chi connectivity index (χ4v) is 2.43. The zero-order valence-electron chi connectivity index (χ0n) is 8.20. The van der Waals surface area contributed by atoms with Crippen LogP contribution in [0.15, 0.2) is 0 Å². The summed E-state index contributed by atoms with van der Waals surface area (Å²) in [7, 11) is -3.73. The molecule has 0 aromatic rings. The number of primary sulfonamides is 1. The van der Waals surface area contributed by atoms with Gasteiger partial charge in [0.05, 0.1) is 5.25 Å². The second-order valence-corrected chi connectivity index (χ2v) is 5.42. The summed E-state index contributed by atoms with van der Waals surface area (Å²) in [5.41, 5.74) is 0. The zero-order valence-corrected chi connectivity index (χ0v) is 9.01. The van der Waals surface area contributed by atoms with Crippen molar-refractivity contribution in [1.82, 2.24) is 4.90 Å². The Morgan fingerprint density at radius 3 is 2.00 bits per heavy atom. The van der Waals surface area contributed by atoms with E-state index in [1.54, 1.807) is 0 Å². The van der Waals surface area contributed by atoms with Crippen molar-refractivity contribution in [3.05, 3.63) is 0 Å². The fraction of sp³-hybridized carbons (Fsp3) is 0.857. The van der Waals surface area contributed by atoms with Crippen LogP contribution < -0.4 is 5.14 Å². The van der Waals surface area contributed by atoms with Crippen molar-refractivity contribution in [1.29, 1.82) is 0 Å². The first-order valence-corrected chi connectivity index (χ1v) is 6.11. The van der Waals surface area contributed by atoms with Gasteiger partial charge in [-0.3, -0.25) is 4.79 Å². The summed E-state index contributed by atoms with van der Waals surface area (Å²) in [5, 5.41) is 4.01. The molecule has 1 amide bonds. The van der Waals surface area contributed by atoms with E-state index in [1.807, 2.05) is 0 Å².